The molecular weight excluding hydrogens is 236 g/mol. The third kappa shape index (κ3) is 2.99. The van der Waals surface area contributed by atoms with Crippen molar-refractivity contribution in [2.24, 2.45) is 0 Å². The number of aliphatic hydroxyl groups is 1. The number of aryl methyl sites for hydroxylation is 3. The topological polar surface area (TPSA) is 46.0 Å². The predicted octanol–water partition coefficient (Wildman–Crippen LogP) is 3.30. The molecule has 1 aromatic heterocycles. The van der Waals surface area contributed by atoms with E-state index in [4.69, 9.17) is 0 Å². The minimum atomic E-state index is -1.03. The van der Waals surface area contributed by atoms with Crippen LogP contribution in [0.4, 0.5) is 0 Å². The number of aromatic nitrogens is 2. The number of hydrogen-bond acceptors (Lipinski definition) is 3. The normalized spacial score (nSPS) is 11.7. The second-order valence-electron chi connectivity index (χ2n) is 5.58. The standard InChI is InChI=1S/C16H20N2O/c1-10-6-7-13(8-11(10)2)14-9-12(3)17-15(18-14)16(4,5)19/h6-9,19H,1-5H3. The zero-order valence-electron chi connectivity index (χ0n) is 12.2. The van der Waals surface area contributed by atoms with E-state index in [2.05, 4.69) is 42.0 Å². The van der Waals surface area contributed by atoms with Crippen LogP contribution in [0.15, 0.2) is 24.3 Å². The van der Waals surface area contributed by atoms with Gasteiger partial charge < -0.3 is 5.11 Å². The predicted molar refractivity (Wildman–Crippen MR) is 76.9 cm³/mol. The summed E-state index contributed by atoms with van der Waals surface area (Å²) in [5.41, 5.74) is 4.24. The molecule has 3 nitrogen and oxygen atoms in total. The summed E-state index contributed by atoms with van der Waals surface area (Å²) in [6.45, 7) is 9.50. The molecule has 1 aromatic carbocycles. The molecule has 0 aliphatic carbocycles. The number of rotatable bonds is 2. The van der Waals surface area contributed by atoms with Gasteiger partial charge in [-0.25, -0.2) is 9.97 Å². The smallest absolute Gasteiger partial charge is 0.160 e. The fraction of sp³-hybridized carbons (Fsp3) is 0.375. The van der Waals surface area contributed by atoms with Crippen LogP contribution in [0, 0.1) is 20.8 Å². The average Bonchev–Trinajstić information content (AvgIpc) is 2.31. The van der Waals surface area contributed by atoms with Gasteiger partial charge in [0.2, 0.25) is 0 Å². The van der Waals surface area contributed by atoms with Crippen LogP contribution in [0.25, 0.3) is 11.3 Å². The highest BCUT2D eigenvalue weighted by atomic mass is 16.3. The molecule has 3 heteroatoms. The van der Waals surface area contributed by atoms with Gasteiger partial charge in [-0.1, -0.05) is 12.1 Å². The first-order chi connectivity index (χ1) is 8.77. The Morgan fingerprint density at radius 3 is 2.21 bits per heavy atom. The Morgan fingerprint density at radius 1 is 0.947 bits per heavy atom. The molecule has 19 heavy (non-hydrogen) atoms. The average molecular weight is 256 g/mol. The quantitative estimate of drug-likeness (QED) is 0.896. The summed E-state index contributed by atoms with van der Waals surface area (Å²) in [6, 6.07) is 8.20. The first kappa shape index (κ1) is 13.7. The fourth-order valence-electron chi connectivity index (χ4n) is 1.89. The van der Waals surface area contributed by atoms with Crippen LogP contribution in [-0.4, -0.2) is 15.1 Å². The van der Waals surface area contributed by atoms with Crippen molar-refractivity contribution in [3.63, 3.8) is 0 Å². The second-order valence-corrected chi connectivity index (χ2v) is 5.58. The lowest BCUT2D eigenvalue weighted by atomic mass is 10.0. The molecule has 1 heterocycles. The molecule has 0 saturated heterocycles. The highest BCUT2D eigenvalue weighted by molar-refractivity contribution is 5.61. The summed E-state index contributed by atoms with van der Waals surface area (Å²) < 4.78 is 0. The molecule has 0 aliphatic heterocycles. The van der Waals surface area contributed by atoms with Crippen molar-refractivity contribution in [2.45, 2.75) is 40.2 Å². The van der Waals surface area contributed by atoms with Crippen LogP contribution in [0.1, 0.15) is 36.5 Å². The molecule has 1 N–H and O–H groups in total. The lowest BCUT2D eigenvalue weighted by molar-refractivity contribution is 0.0686. The third-order valence-corrected chi connectivity index (χ3v) is 3.20. The van der Waals surface area contributed by atoms with Crippen molar-refractivity contribution >= 4 is 0 Å². The van der Waals surface area contributed by atoms with Crippen molar-refractivity contribution in [1.29, 1.82) is 0 Å². The fourth-order valence-corrected chi connectivity index (χ4v) is 1.89. The van der Waals surface area contributed by atoms with Gasteiger partial charge >= 0.3 is 0 Å². The summed E-state index contributed by atoms with van der Waals surface area (Å²) in [5.74, 6) is 0.459. The first-order valence-electron chi connectivity index (χ1n) is 6.43. The summed E-state index contributed by atoms with van der Waals surface area (Å²) >= 11 is 0. The molecule has 0 fully saturated rings. The molecule has 0 radical (unpaired) electrons. The van der Waals surface area contributed by atoms with Crippen LogP contribution in [-0.2, 0) is 5.60 Å². The number of hydrogen-bond donors (Lipinski definition) is 1. The lowest BCUT2D eigenvalue weighted by Gasteiger charge is -2.17. The van der Waals surface area contributed by atoms with E-state index < -0.39 is 5.60 Å². The molecule has 0 spiro atoms. The van der Waals surface area contributed by atoms with Gasteiger partial charge in [0, 0.05) is 11.3 Å². The van der Waals surface area contributed by atoms with Gasteiger partial charge in [-0.2, -0.15) is 0 Å². The van der Waals surface area contributed by atoms with E-state index in [0.29, 0.717) is 5.82 Å². The zero-order valence-corrected chi connectivity index (χ0v) is 12.2. The molecule has 0 atom stereocenters. The SMILES string of the molecule is Cc1cc(-c2ccc(C)c(C)c2)nc(C(C)(C)O)n1. The third-order valence-electron chi connectivity index (χ3n) is 3.20. The van der Waals surface area contributed by atoms with E-state index in [1.165, 1.54) is 11.1 Å². The minimum absolute atomic E-state index is 0.459. The molecular formula is C16H20N2O. The van der Waals surface area contributed by atoms with Crippen LogP contribution < -0.4 is 0 Å². The minimum Gasteiger partial charge on any atom is -0.382 e. The van der Waals surface area contributed by atoms with E-state index in [9.17, 15) is 5.11 Å². The first-order valence-corrected chi connectivity index (χ1v) is 6.43. The van der Waals surface area contributed by atoms with E-state index in [0.717, 1.165) is 17.0 Å². The molecule has 2 aromatic rings. The molecule has 0 bridgehead atoms. The Hall–Kier alpha value is -1.74. The van der Waals surface area contributed by atoms with Crippen LogP contribution >= 0.6 is 0 Å². The molecule has 2 rings (SSSR count). The van der Waals surface area contributed by atoms with Crippen LogP contribution in [0.3, 0.4) is 0 Å². The molecule has 0 saturated carbocycles. The van der Waals surface area contributed by atoms with Crippen molar-refractivity contribution < 1.29 is 5.11 Å². The highest BCUT2D eigenvalue weighted by Gasteiger charge is 2.20. The second kappa shape index (κ2) is 4.74. The molecule has 0 amide bonds. The Balaban J connectivity index is 2.56. The van der Waals surface area contributed by atoms with Crippen molar-refractivity contribution in [1.82, 2.24) is 9.97 Å². The highest BCUT2D eigenvalue weighted by Crippen LogP contribution is 2.24. The summed E-state index contributed by atoms with van der Waals surface area (Å²) in [7, 11) is 0. The molecule has 100 valence electrons. The maximum Gasteiger partial charge on any atom is 0.160 e. The maximum atomic E-state index is 10.1. The van der Waals surface area contributed by atoms with E-state index >= 15 is 0 Å². The van der Waals surface area contributed by atoms with Crippen LogP contribution in [0.5, 0.6) is 0 Å². The van der Waals surface area contributed by atoms with E-state index in [1.54, 1.807) is 13.8 Å². The largest absolute Gasteiger partial charge is 0.382 e. The van der Waals surface area contributed by atoms with E-state index in [-0.39, 0.29) is 0 Å². The van der Waals surface area contributed by atoms with Gasteiger partial charge in [-0.3, -0.25) is 0 Å². The van der Waals surface area contributed by atoms with Crippen molar-refractivity contribution in [2.75, 3.05) is 0 Å². The Morgan fingerprint density at radius 2 is 1.63 bits per heavy atom. The van der Waals surface area contributed by atoms with Gasteiger partial charge in [0.05, 0.1) is 5.69 Å². The Labute approximate surface area is 114 Å². The van der Waals surface area contributed by atoms with Crippen molar-refractivity contribution in [3.05, 3.63) is 46.9 Å². The maximum absolute atomic E-state index is 10.1. The van der Waals surface area contributed by atoms with Gasteiger partial charge in [-0.05, 0) is 57.9 Å². The number of benzene rings is 1. The van der Waals surface area contributed by atoms with Crippen LogP contribution in [0.2, 0.25) is 0 Å². The Kier molecular flexibility index (Phi) is 3.42. The van der Waals surface area contributed by atoms with Gasteiger partial charge in [0.15, 0.2) is 5.82 Å². The van der Waals surface area contributed by atoms with Crippen molar-refractivity contribution in [3.8, 4) is 11.3 Å². The van der Waals surface area contributed by atoms with Gasteiger partial charge in [-0.15, -0.1) is 0 Å². The Bertz CT molecular complexity index is 613. The summed E-state index contributed by atoms with van der Waals surface area (Å²) in [6.07, 6.45) is 0. The summed E-state index contributed by atoms with van der Waals surface area (Å²) in [4.78, 5) is 8.79. The lowest BCUT2D eigenvalue weighted by Crippen LogP contribution is -2.20. The summed E-state index contributed by atoms with van der Waals surface area (Å²) in [5, 5.41) is 10.1. The molecule has 0 unspecified atom stereocenters. The molecule has 0 aliphatic rings. The van der Waals surface area contributed by atoms with E-state index in [1.807, 2.05) is 13.0 Å². The zero-order chi connectivity index (χ0) is 14.2. The number of nitrogens with zero attached hydrogens (tertiary/aromatic N) is 2. The monoisotopic (exact) mass is 256 g/mol. The van der Waals surface area contributed by atoms with Gasteiger partial charge in [0.1, 0.15) is 5.60 Å². The van der Waals surface area contributed by atoms with Gasteiger partial charge in [0.25, 0.3) is 0 Å².